The lowest BCUT2D eigenvalue weighted by Crippen LogP contribution is -2.24. The number of carbonyl (C=O) groups is 1. The predicted molar refractivity (Wildman–Crippen MR) is 77.7 cm³/mol. The topological polar surface area (TPSA) is 29.1 Å². The average molecular weight is 253 g/mol. The second kappa shape index (κ2) is 8.68. The van der Waals surface area contributed by atoms with Crippen molar-refractivity contribution < 1.29 is 4.79 Å². The first-order valence-corrected chi connectivity index (χ1v) is 7.80. The summed E-state index contributed by atoms with van der Waals surface area (Å²) in [5.74, 6) is 2.60. The maximum absolute atomic E-state index is 11.9. The van der Waals surface area contributed by atoms with E-state index in [4.69, 9.17) is 0 Å². The van der Waals surface area contributed by atoms with Crippen LogP contribution in [-0.4, -0.2) is 19.4 Å². The molecule has 1 N–H and O–H groups in total. The molecule has 0 saturated heterocycles. The molecule has 1 aliphatic carbocycles. The lowest BCUT2D eigenvalue weighted by Gasteiger charge is -2.27. The molecule has 1 rings (SSSR count). The minimum atomic E-state index is 0.375. The zero-order valence-corrected chi connectivity index (χ0v) is 12.5. The number of hydrogen-bond acceptors (Lipinski definition) is 2. The summed E-state index contributed by atoms with van der Waals surface area (Å²) in [5, 5.41) is 3.06. The summed E-state index contributed by atoms with van der Waals surface area (Å²) in [5.41, 5.74) is 0. The molecule has 1 aliphatic rings. The highest BCUT2D eigenvalue weighted by atomic mass is 16.1. The van der Waals surface area contributed by atoms with Gasteiger partial charge < -0.3 is 5.32 Å². The first-order chi connectivity index (χ1) is 8.63. The van der Waals surface area contributed by atoms with Crippen LogP contribution in [0.15, 0.2) is 0 Å². The highest BCUT2D eigenvalue weighted by Gasteiger charge is 2.25. The van der Waals surface area contributed by atoms with Crippen LogP contribution in [-0.2, 0) is 4.79 Å². The van der Waals surface area contributed by atoms with Crippen molar-refractivity contribution in [2.24, 2.45) is 17.8 Å². The number of ketones is 1. The fourth-order valence-corrected chi connectivity index (χ4v) is 3.04. The van der Waals surface area contributed by atoms with Crippen molar-refractivity contribution >= 4 is 5.78 Å². The molecule has 0 radical (unpaired) electrons. The zero-order valence-electron chi connectivity index (χ0n) is 12.5. The van der Waals surface area contributed by atoms with E-state index in [1.54, 1.807) is 0 Å². The van der Waals surface area contributed by atoms with E-state index in [1.165, 1.54) is 32.1 Å². The molecule has 2 nitrogen and oxygen atoms in total. The van der Waals surface area contributed by atoms with Gasteiger partial charge in [-0.1, -0.05) is 33.1 Å². The first-order valence-electron chi connectivity index (χ1n) is 7.80. The molecule has 0 atom stereocenters. The molecule has 0 aromatic carbocycles. The maximum Gasteiger partial charge on any atom is 0.137 e. The van der Waals surface area contributed by atoms with Crippen LogP contribution in [0.1, 0.15) is 65.2 Å². The van der Waals surface area contributed by atoms with Gasteiger partial charge in [0, 0.05) is 18.9 Å². The zero-order chi connectivity index (χ0) is 13.4. The summed E-state index contributed by atoms with van der Waals surface area (Å²) in [7, 11) is 1.92. The quantitative estimate of drug-likeness (QED) is 0.713. The van der Waals surface area contributed by atoms with Crippen LogP contribution < -0.4 is 5.32 Å². The van der Waals surface area contributed by atoms with Gasteiger partial charge in [-0.05, 0) is 44.6 Å². The Morgan fingerprint density at radius 3 is 2.44 bits per heavy atom. The SMILES string of the molecule is CNCCC(=O)C1CCC(CCCC(C)C)CC1. The molecule has 0 aliphatic heterocycles. The van der Waals surface area contributed by atoms with E-state index in [0.29, 0.717) is 11.7 Å². The highest BCUT2D eigenvalue weighted by Crippen LogP contribution is 2.33. The van der Waals surface area contributed by atoms with Crippen molar-refractivity contribution in [2.45, 2.75) is 65.2 Å². The van der Waals surface area contributed by atoms with E-state index in [0.717, 1.165) is 37.6 Å². The number of nitrogens with one attached hydrogen (secondary N) is 1. The second-order valence-corrected chi connectivity index (χ2v) is 6.36. The van der Waals surface area contributed by atoms with Crippen LogP contribution >= 0.6 is 0 Å². The molecule has 0 amide bonds. The monoisotopic (exact) mass is 253 g/mol. The Kier molecular flexibility index (Phi) is 7.57. The Morgan fingerprint density at radius 1 is 1.22 bits per heavy atom. The van der Waals surface area contributed by atoms with Gasteiger partial charge in [-0.15, -0.1) is 0 Å². The largest absolute Gasteiger partial charge is 0.319 e. The van der Waals surface area contributed by atoms with Gasteiger partial charge in [0.05, 0.1) is 0 Å². The Hall–Kier alpha value is -0.370. The lowest BCUT2D eigenvalue weighted by atomic mass is 9.77. The molecule has 1 fully saturated rings. The molecule has 0 unspecified atom stereocenters. The van der Waals surface area contributed by atoms with Crippen molar-refractivity contribution in [3.05, 3.63) is 0 Å². The molecule has 0 aromatic rings. The molecule has 0 aromatic heterocycles. The van der Waals surface area contributed by atoms with Gasteiger partial charge in [0.15, 0.2) is 0 Å². The molecule has 0 bridgehead atoms. The van der Waals surface area contributed by atoms with Crippen molar-refractivity contribution in [3.63, 3.8) is 0 Å². The second-order valence-electron chi connectivity index (χ2n) is 6.36. The van der Waals surface area contributed by atoms with Gasteiger partial charge in [0.25, 0.3) is 0 Å². The predicted octanol–water partition coefficient (Wildman–Crippen LogP) is 3.80. The Labute approximate surface area is 113 Å². The third-order valence-electron chi connectivity index (χ3n) is 4.32. The van der Waals surface area contributed by atoms with Crippen LogP contribution in [0.3, 0.4) is 0 Å². The van der Waals surface area contributed by atoms with Gasteiger partial charge in [-0.2, -0.15) is 0 Å². The van der Waals surface area contributed by atoms with Gasteiger partial charge in [-0.3, -0.25) is 4.79 Å². The summed E-state index contributed by atoms with van der Waals surface area (Å²) in [6.07, 6.45) is 9.71. The third kappa shape index (κ3) is 5.99. The molecule has 0 spiro atoms. The summed E-state index contributed by atoms with van der Waals surface area (Å²) in [6.45, 7) is 5.45. The van der Waals surface area contributed by atoms with E-state index in [2.05, 4.69) is 19.2 Å². The van der Waals surface area contributed by atoms with Crippen LogP contribution in [0.25, 0.3) is 0 Å². The van der Waals surface area contributed by atoms with E-state index >= 15 is 0 Å². The smallest absolute Gasteiger partial charge is 0.137 e. The first kappa shape index (κ1) is 15.7. The number of rotatable bonds is 8. The average Bonchev–Trinajstić information content (AvgIpc) is 2.36. The van der Waals surface area contributed by atoms with Crippen molar-refractivity contribution in [2.75, 3.05) is 13.6 Å². The van der Waals surface area contributed by atoms with Gasteiger partial charge in [-0.25, -0.2) is 0 Å². The third-order valence-corrected chi connectivity index (χ3v) is 4.32. The standard InChI is InChI=1S/C16H31NO/c1-13(2)5-4-6-14-7-9-15(10-8-14)16(18)11-12-17-3/h13-15,17H,4-12H2,1-3H3. The van der Waals surface area contributed by atoms with Crippen molar-refractivity contribution in [1.82, 2.24) is 5.32 Å². The van der Waals surface area contributed by atoms with E-state index in [1.807, 2.05) is 7.05 Å². The maximum atomic E-state index is 11.9. The minimum Gasteiger partial charge on any atom is -0.319 e. The van der Waals surface area contributed by atoms with Crippen LogP contribution in [0.4, 0.5) is 0 Å². The van der Waals surface area contributed by atoms with Crippen LogP contribution in [0.5, 0.6) is 0 Å². The molecule has 2 heteroatoms. The summed E-state index contributed by atoms with van der Waals surface area (Å²) >= 11 is 0. The van der Waals surface area contributed by atoms with Crippen LogP contribution in [0, 0.1) is 17.8 Å². The van der Waals surface area contributed by atoms with Gasteiger partial charge in [0.2, 0.25) is 0 Å². The van der Waals surface area contributed by atoms with Crippen molar-refractivity contribution in [3.8, 4) is 0 Å². The van der Waals surface area contributed by atoms with Gasteiger partial charge in [0.1, 0.15) is 5.78 Å². The molecular weight excluding hydrogens is 222 g/mol. The van der Waals surface area contributed by atoms with E-state index < -0.39 is 0 Å². The Balaban J connectivity index is 2.14. The van der Waals surface area contributed by atoms with Gasteiger partial charge >= 0.3 is 0 Å². The molecule has 1 saturated carbocycles. The molecule has 106 valence electrons. The van der Waals surface area contributed by atoms with Crippen LogP contribution in [0.2, 0.25) is 0 Å². The number of Topliss-reactive ketones (excluding diaryl/α,β-unsaturated/α-hetero) is 1. The normalized spacial score (nSPS) is 24.4. The number of carbonyl (C=O) groups excluding carboxylic acids is 1. The molecule has 18 heavy (non-hydrogen) atoms. The summed E-state index contributed by atoms with van der Waals surface area (Å²) in [6, 6.07) is 0. The number of hydrogen-bond donors (Lipinski definition) is 1. The summed E-state index contributed by atoms with van der Waals surface area (Å²) < 4.78 is 0. The minimum absolute atomic E-state index is 0.375. The molecular formula is C16H31NO. The molecule has 0 heterocycles. The van der Waals surface area contributed by atoms with E-state index in [9.17, 15) is 4.79 Å². The lowest BCUT2D eigenvalue weighted by molar-refractivity contribution is -0.124. The van der Waals surface area contributed by atoms with Crippen molar-refractivity contribution in [1.29, 1.82) is 0 Å². The summed E-state index contributed by atoms with van der Waals surface area (Å²) in [4.78, 5) is 11.9. The fraction of sp³-hybridized carbons (Fsp3) is 0.938. The Morgan fingerprint density at radius 2 is 1.89 bits per heavy atom. The fourth-order valence-electron chi connectivity index (χ4n) is 3.04. The Bertz CT molecular complexity index is 229. The van der Waals surface area contributed by atoms with E-state index in [-0.39, 0.29) is 0 Å². The highest BCUT2D eigenvalue weighted by molar-refractivity contribution is 5.81.